The lowest BCUT2D eigenvalue weighted by molar-refractivity contribution is -0.0309. The Bertz CT molecular complexity index is 427. The zero-order valence-corrected chi connectivity index (χ0v) is 9.89. The van der Waals surface area contributed by atoms with E-state index in [4.69, 9.17) is 4.74 Å². The first-order valence-electron chi connectivity index (χ1n) is 5.28. The maximum Gasteiger partial charge on any atom is 0.349 e. The van der Waals surface area contributed by atoms with E-state index in [2.05, 4.69) is 13.2 Å². The SMILES string of the molecule is C=Cc1ccc(C(=O)OC2(C=C)CCC2)s1. The largest absolute Gasteiger partial charge is 0.451 e. The smallest absolute Gasteiger partial charge is 0.349 e. The van der Waals surface area contributed by atoms with Gasteiger partial charge in [0.2, 0.25) is 0 Å². The Hall–Kier alpha value is -1.35. The summed E-state index contributed by atoms with van der Waals surface area (Å²) < 4.78 is 5.49. The second kappa shape index (κ2) is 4.26. The average Bonchev–Trinajstić information content (AvgIpc) is 2.71. The fourth-order valence-electron chi connectivity index (χ4n) is 1.68. The highest BCUT2D eigenvalue weighted by molar-refractivity contribution is 7.14. The van der Waals surface area contributed by atoms with Crippen LogP contribution in [-0.2, 0) is 4.74 Å². The van der Waals surface area contributed by atoms with Crippen molar-refractivity contribution in [2.45, 2.75) is 24.9 Å². The summed E-state index contributed by atoms with van der Waals surface area (Å²) in [6.07, 6.45) is 6.36. The van der Waals surface area contributed by atoms with E-state index in [-0.39, 0.29) is 5.97 Å². The van der Waals surface area contributed by atoms with Crippen LogP contribution in [0.25, 0.3) is 6.08 Å². The zero-order chi connectivity index (χ0) is 11.6. The molecule has 0 unspecified atom stereocenters. The van der Waals surface area contributed by atoms with Gasteiger partial charge >= 0.3 is 5.97 Å². The highest BCUT2D eigenvalue weighted by Gasteiger charge is 2.38. The molecule has 2 rings (SSSR count). The summed E-state index contributed by atoms with van der Waals surface area (Å²) in [6, 6.07) is 3.65. The summed E-state index contributed by atoms with van der Waals surface area (Å²) >= 11 is 1.40. The van der Waals surface area contributed by atoms with Crippen LogP contribution in [0.2, 0.25) is 0 Å². The lowest BCUT2D eigenvalue weighted by atomic mass is 9.80. The number of hydrogen-bond acceptors (Lipinski definition) is 3. The summed E-state index contributed by atoms with van der Waals surface area (Å²) in [4.78, 5) is 13.5. The first kappa shape index (κ1) is 11.1. The van der Waals surface area contributed by atoms with Crippen LogP contribution in [0, 0.1) is 0 Å². The molecule has 0 bridgehead atoms. The monoisotopic (exact) mass is 234 g/mol. The molecule has 84 valence electrons. The predicted octanol–water partition coefficient (Wildman–Crippen LogP) is 3.66. The van der Waals surface area contributed by atoms with Gasteiger partial charge in [0.15, 0.2) is 0 Å². The van der Waals surface area contributed by atoms with Gasteiger partial charge in [0.05, 0.1) is 0 Å². The molecule has 1 aliphatic carbocycles. The Morgan fingerprint density at radius 1 is 1.44 bits per heavy atom. The van der Waals surface area contributed by atoms with E-state index >= 15 is 0 Å². The number of hydrogen-bond donors (Lipinski definition) is 0. The Kier molecular flexibility index (Phi) is 2.97. The van der Waals surface area contributed by atoms with E-state index in [1.165, 1.54) is 11.3 Å². The fraction of sp³-hybridized carbons (Fsp3) is 0.308. The fourth-order valence-corrected chi connectivity index (χ4v) is 2.41. The topological polar surface area (TPSA) is 26.3 Å². The first-order chi connectivity index (χ1) is 7.69. The van der Waals surface area contributed by atoms with E-state index in [0.29, 0.717) is 4.88 Å². The standard InChI is InChI=1S/C13H14O2S/c1-3-10-6-7-11(16-10)12(14)15-13(4-2)8-5-9-13/h3-4,6-7H,1-2,5,8-9H2. The molecule has 1 heterocycles. The van der Waals surface area contributed by atoms with Crippen molar-refractivity contribution >= 4 is 23.4 Å². The van der Waals surface area contributed by atoms with Gasteiger partial charge in [0.25, 0.3) is 0 Å². The predicted molar refractivity (Wildman–Crippen MR) is 66.6 cm³/mol. The Morgan fingerprint density at radius 3 is 2.62 bits per heavy atom. The van der Waals surface area contributed by atoms with Crippen molar-refractivity contribution in [3.8, 4) is 0 Å². The van der Waals surface area contributed by atoms with Crippen LogP contribution in [0.3, 0.4) is 0 Å². The Labute approximate surface area is 99.2 Å². The van der Waals surface area contributed by atoms with Crippen molar-refractivity contribution in [2.24, 2.45) is 0 Å². The minimum atomic E-state index is -0.407. The molecule has 0 saturated heterocycles. The first-order valence-corrected chi connectivity index (χ1v) is 6.10. The minimum Gasteiger partial charge on any atom is -0.451 e. The highest BCUT2D eigenvalue weighted by Crippen LogP contribution is 2.37. The van der Waals surface area contributed by atoms with Crippen LogP contribution in [0.15, 0.2) is 31.4 Å². The molecule has 1 saturated carbocycles. The third-order valence-corrected chi connectivity index (χ3v) is 3.96. The molecule has 0 amide bonds. The maximum atomic E-state index is 11.8. The normalized spacial score (nSPS) is 17.2. The third kappa shape index (κ3) is 1.95. The molecular weight excluding hydrogens is 220 g/mol. The third-order valence-electron chi connectivity index (χ3n) is 2.90. The molecule has 1 aromatic heterocycles. The number of carbonyl (C=O) groups is 1. The Balaban J connectivity index is 2.07. The molecule has 1 aromatic rings. The molecular formula is C13H14O2S. The summed E-state index contributed by atoms with van der Waals surface area (Å²) in [6.45, 7) is 7.40. The maximum absolute atomic E-state index is 11.8. The number of thiophene rings is 1. The number of rotatable bonds is 4. The Morgan fingerprint density at radius 2 is 2.19 bits per heavy atom. The lowest BCUT2D eigenvalue weighted by Crippen LogP contribution is -2.39. The molecule has 0 N–H and O–H groups in total. The van der Waals surface area contributed by atoms with Crippen LogP contribution < -0.4 is 0 Å². The summed E-state index contributed by atoms with van der Waals surface area (Å²) in [7, 11) is 0. The molecule has 0 aromatic carbocycles. The summed E-state index contributed by atoms with van der Waals surface area (Å²) in [5.41, 5.74) is -0.407. The lowest BCUT2D eigenvalue weighted by Gasteiger charge is -2.38. The zero-order valence-electron chi connectivity index (χ0n) is 9.07. The summed E-state index contributed by atoms with van der Waals surface area (Å²) in [5, 5.41) is 0. The van der Waals surface area contributed by atoms with E-state index < -0.39 is 5.60 Å². The average molecular weight is 234 g/mol. The minimum absolute atomic E-state index is 0.252. The summed E-state index contributed by atoms with van der Waals surface area (Å²) in [5.74, 6) is -0.252. The van der Waals surface area contributed by atoms with Crippen molar-refractivity contribution in [1.82, 2.24) is 0 Å². The molecule has 16 heavy (non-hydrogen) atoms. The van der Waals surface area contributed by atoms with Gasteiger partial charge in [-0.15, -0.1) is 11.3 Å². The number of ether oxygens (including phenoxy) is 1. The van der Waals surface area contributed by atoms with Crippen LogP contribution in [0.5, 0.6) is 0 Å². The van der Waals surface area contributed by atoms with Crippen LogP contribution in [0.4, 0.5) is 0 Å². The number of carbonyl (C=O) groups excluding carboxylic acids is 1. The quantitative estimate of drug-likeness (QED) is 0.587. The van der Waals surface area contributed by atoms with Crippen molar-refractivity contribution < 1.29 is 9.53 Å². The van der Waals surface area contributed by atoms with Gasteiger partial charge in [0.1, 0.15) is 10.5 Å². The molecule has 1 aliphatic rings. The van der Waals surface area contributed by atoms with Gasteiger partial charge < -0.3 is 4.74 Å². The molecule has 3 heteroatoms. The second-order valence-corrected chi connectivity index (χ2v) is 5.03. The highest BCUT2D eigenvalue weighted by atomic mass is 32.1. The van der Waals surface area contributed by atoms with Crippen molar-refractivity contribution in [3.63, 3.8) is 0 Å². The van der Waals surface area contributed by atoms with Gasteiger partial charge in [-0.05, 0) is 37.5 Å². The molecule has 2 nitrogen and oxygen atoms in total. The van der Waals surface area contributed by atoms with Crippen molar-refractivity contribution in [3.05, 3.63) is 41.1 Å². The van der Waals surface area contributed by atoms with Crippen molar-refractivity contribution in [2.75, 3.05) is 0 Å². The van der Waals surface area contributed by atoms with Crippen LogP contribution >= 0.6 is 11.3 Å². The van der Waals surface area contributed by atoms with E-state index in [9.17, 15) is 4.79 Å². The van der Waals surface area contributed by atoms with Crippen LogP contribution in [0.1, 0.15) is 33.8 Å². The number of esters is 1. The van der Waals surface area contributed by atoms with Crippen molar-refractivity contribution in [1.29, 1.82) is 0 Å². The van der Waals surface area contributed by atoms with E-state index in [1.807, 2.05) is 6.07 Å². The second-order valence-electron chi connectivity index (χ2n) is 3.92. The van der Waals surface area contributed by atoms with Gasteiger partial charge in [-0.1, -0.05) is 19.2 Å². The van der Waals surface area contributed by atoms with Gasteiger partial charge in [-0.2, -0.15) is 0 Å². The molecule has 0 aliphatic heterocycles. The van der Waals surface area contributed by atoms with E-state index in [1.54, 1.807) is 18.2 Å². The van der Waals surface area contributed by atoms with E-state index in [0.717, 1.165) is 24.1 Å². The molecule has 1 fully saturated rings. The van der Waals surface area contributed by atoms with Crippen LogP contribution in [-0.4, -0.2) is 11.6 Å². The molecule has 0 spiro atoms. The van der Waals surface area contributed by atoms with Gasteiger partial charge in [-0.25, -0.2) is 4.79 Å². The van der Waals surface area contributed by atoms with Gasteiger partial charge in [-0.3, -0.25) is 0 Å². The molecule has 0 radical (unpaired) electrons. The molecule has 0 atom stereocenters. The van der Waals surface area contributed by atoms with Gasteiger partial charge in [0, 0.05) is 4.88 Å².